The molecule has 3 heterocycles. The molecule has 0 atom stereocenters. The Balaban J connectivity index is 1.43. The summed E-state index contributed by atoms with van der Waals surface area (Å²) in [5, 5.41) is 5.59. The second kappa shape index (κ2) is 6.30. The maximum atomic E-state index is 12.7. The minimum atomic E-state index is -1.92. The van der Waals surface area contributed by atoms with E-state index < -0.39 is 6.50 Å². The van der Waals surface area contributed by atoms with Crippen LogP contribution >= 0.6 is 0 Å². The van der Waals surface area contributed by atoms with E-state index in [9.17, 15) is 4.79 Å². The molecule has 1 aliphatic heterocycles. The quantitative estimate of drug-likeness (QED) is 0.546. The standard InChI is InChI=1S/C23H20N4O/c1-15-10-18(11-19-13-26(2)25-22(15)19)17-7-5-16(6-8-17)12-27-14-21-20(23(27)28)4-3-9-24-21/h3-11,13H,12,14H2,1-2H3/i14D2. The summed E-state index contributed by atoms with van der Waals surface area (Å²) >= 11 is 0. The molecule has 1 amide bonds. The fourth-order valence-electron chi connectivity index (χ4n) is 3.68. The highest BCUT2D eigenvalue weighted by Gasteiger charge is 2.27. The lowest BCUT2D eigenvalue weighted by Crippen LogP contribution is -2.23. The van der Waals surface area contributed by atoms with Crippen LogP contribution in [-0.4, -0.2) is 25.6 Å². The first-order valence-electron chi connectivity index (χ1n) is 10.2. The van der Waals surface area contributed by atoms with Gasteiger partial charge in [-0.05, 0) is 53.4 Å². The number of amides is 1. The molecule has 0 bridgehead atoms. The zero-order valence-electron chi connectivity index (χ0n) is 17.7. The zero-order valence-corrected chi connectivity index (χ0v) is 15.7. The van der Waals surface area contributed by atoms with Crippen LogP contribution < -0.4 is 0 Å². The third-order valence-corrected chi connectivity index (χ3v) is 5.07. The van der Waals surface area contributed by atoms with Crippen LogP contribution in [0.3, 0.4) is 0 Å². The lowest BCUT2D eigenvalue weighted by atomic mass is 10.00. The summed E-state index contributed by atoms with van der Waals surface area (Å²) in [5.41, 5.74) is 5.67. The highest BCUT2D eigenvalue weighted by atomic mass is 16.2. The minimum absolute atomic E-state index is 0.184. The number of hydrogen-bond acceptors (Lipinski definition) is 3. The van der Waals surface area contributed by atoms with Gasteiger partial charge in [-0.2, -0.15) is 5.10 Å². The highest BCUT2D eigenvalue weighted by molar-refractivity contribution is 5.97. The van der Waals surface area contributed by atoms with Gasteiger partial charge < -0.3 is 4.90 Å². The molecule has 4 aromatic rings. The topological polar surface area (TPSA) is 51.0 Å². The largest absolute Gasteiger partial charge is 0.328 e. The molecular weight excluding hydrogens is 348 g/mol. The first-order chi connectivity index (χ1) is 14.3. The molecule has 28 heavy (non-hydrogen) atoms. The third kappa shape index (κ3) is 2.76. The van der Waals surface area contributed by atoms with E-state index in [1.165, 1.54) is 11.1 Å². The van der Waals surface area contributed by atoms with Gasteiger partial charge in [0.15, 0.2) is 0 Å². The van der Waals surface area contributed by atoms with Gasteiger partial charge >= 0.3 is 0 Å². The van der Waals surface area contributed by atoms with Crippen LogP contribution in [0.1, 0.15) is 29.9 Å². The maximum absolute atomic E-state index is 12.7. The highest BCUT2D eigenvalue weighted by Crippen LogP contribution is 2.28. The molecule has 0 fully saturated rings. The molecule has 0 saturated carbocycles. The summed E-state index contributed by atoms with van der Waals surface area (Å²) in [7, 11) is 1.92. The summed E-state index contributed by atoms with van der Waals surface area (Å²) in [6, 6.07) is 15.4. The van der Waals surface area contributed by atoms with Gasteiger partial charge in [-0.15, -0.1) is 0 Å². The molecular formula is C23H20N4O. The Hall–Kier alpha value is -3.47. The molecule has 1 aliphatic rings. The number of carbonyl (C=O) groups is 1. The fourth-order valence-corrected chi connectivity index (χ4v) is 3.68. The van der Waals surface area contributed by atoms with E-state index in [2.05, 4.69) is 29.1 Å². The average Bonchev–Trinajstić information content (AvgIpc) is 3.20. The Labute approximate surface area is 166 Å². The van der Waals surface area contributed by atoms with Crippen molar-refractivity contribution in [3.63, 3.8) is 0 Å². The molecule has 0 aliphatic carbocycles. The van der Waals surface area contributed by atoms with E-state index >= 15 is 0 Å². The van der Waals surface area contributed by atoms with E-state index in [-0.39, 0.29) is 18.1 Å². The van der Waals surface area contributed by atoms with Crippen LogP contribution in [0.4, 0.5) is 0 Å². The predicted octanol–water partition coefficient (Wildman–Crippen LogP) is 4.10. The van der Waals surface area contributed by atoms with Gasteiger partial charge in [-0.1, -0.05) is 24.3 Å². The van der Waals surface area contributed by atoms with Crippen LogP contribution in [0.25, 0.3) is 22.0 Å². The number of nitrogens with zero attached hydrogens (tertiary/aromatic N) is 4. The van der Waals surface area contributed by atoms with E-state index in [1.54, 1.807) is 12.1 Å². The monoisotopic (exact) mass is 370 g/mol. The van der Waals surface area contributed by atoms with Crippen molar-refractivity contribution in [2.24, 2.45) is 7.05 Å². The SMILES string of the molecule is [2H]C1([2H])c2ncccc2C(=O)N1Cc1ccc(-c2cc(C)c3nn(C)cc3c2)cc1. The normalized spacial score (nSPS) is 16.2. The Kier molecular flexibility index (Phi) is 3.28. The predicted molar refractivity (Wildman–Crippen MR) is 109 cm³/mol. The lowest BCUT2D eigenvalue weighted by Gasteiger charge is -2.15. The maximum Gasteiger partial charge on any atom is 0.256 e. The number of aryl methyl sites for hydroxylation is 2. The van der Waals surface area contributed by atoms with Gasteiger partial charge in [-0.25, -0.2) is 0 Å². The summed E-state index contributed by atoms with van der Waals surface area (Å²) in [6.45, 7) is 0.317. The van der Waals surface area contributed by atoms with Crippen molar-refractivity contribution in [2.45, 2.75) is 20.0 Å². The Bertz CT molecular complexity index is 1290. The Morgan fingerprint density at radius 2 is 1.96 bits per heavy atom. The van der Waals surface area contributed by atoms with Crippen LogP contribution in [0.5, 0.6) is 0 Å². The molecule has 5 rings (SSSR count). The summed E-state index contributed by atoms with van der Waals surface area (Å²) in [6.07, 6.45) is 3.52. The van der Waals surface area contributed by atoms with Gasteiger partial charge in [0.05, 0.1) is 26.0 Å². The minimum Gasteiger partial charge on any atom is -0.328 e. The van der Waals surface area contributed by atoms with Crippen LogP contribution in [0.15, 0.2) is 60.9 Å². The van der Waals surface area contributed by atoms with Crippen molar-refractivity contribution in [1.82, 2.24) is 19.7 Å². The number of pyridine rings is 1. The smallest absolute Gasteiger partial charge is 0.256 e. The van der Waals surface area contributed by atoms with Crippen LogP contribution in [0, 0.1) is 6.92 Å². The number of hydrogen-bond donors (Lipinski definition) is 0. The summed E-state index contributed by atoms with van der Waals surface area (Å²) < 4.78 is 18.6. The first-order valence-corrected chi connectivity index (χ1v) is 9.15. The van der Waals surface area contributed by atoms with E-state index in [0.717, 1.165) is 33.2 Å². The number of fused-ring (bicyclic) bond motifs is 2. The molecule has 5 nitrogen and oxygen atoms in total. The number of carbonyl (C=O) groups excluding carboxylic acids is 1. The Morgan fingerprint density at radius 1 is 1.14 bits per heavy atom. The van der Waals surface area contributed by atoms with Gasteiger partial charge in [-0.3, -0.25) is 14.5 Å². The van der Waals surface area contributed by atoms with Crippen molar-refractivity contribution in [3.8, 4) is 11.1 Å². The van der Waals surface area contributed by atoms with Crippen molar-refractivity contribution in [3.05, 3.63) is 83.3 Å². The number of rotatable bonds is 3. The molecule has 0 N–H and O–H groups in total. The number of benzene rings is 2. The van der Waals surface area contributed by atoms with Crippen molar-refractivity contribution < 1.29 is 7.54 Å². The van der Waals surface area contributed by atoms with Gasteiger partial charge in [0.25, 0.3) is 5.91 Å². The van der Waals surface area contributed by atoms with Crippen molar-refractivity contribution in [1.29, 1.82) is 0 Å². The lowest BCUT2D eigenvalue weighted by molar-refractivity contribution is 0.0766. The van der Waals surface area contributed by atoms with E-state index in [0.29, 0.717) is 5.56 Å². The number of aromatic nitrogens is 3. The molecule has 0 saturated heterocycles. The molecule has 0 radical (unpaired) electrons. The van der Waals surface area contributed by atoms with Gasteiger partial charge in [0.2, 0.25) is 0 Å². The van der Waals surface area contributed by atoms with Gasteiger partial charge in [0, 0.05) is 31.4 Å². The second-order valence-corrected chi connectivity index (χ2v) is 7.13. The third-order valence-electron chi connectivity index (χ3n) is 5.07. The zero-order chi connectivity index (χ0) is 21.0. The summed E-state index contributed by atoms with van der Waals surface area (Å²) in [4.78, 5) is 18.0. The van der Waals surface area contributed by atoms with Crippen LogP contribution in [-0.2, 0) is 20.1 Å². The molecule has 2 aromatic carbocycles. The van der Waals surface area contributed by atoms with Crippen molar-refractivity contribution in [2.75, 3.05) is 0 Å². The fraction of sp³-hybridized carbons (Fsp3) is 0.174. The van der Waals surface area contributed by atoms with E-state index in [1.807, 2.05) is 42.2 Å². The molecule has 2 aromatic heterocycles. The molecule has 138 valence electrons. The van der Waals surface area contributed by atoms with Crippen LogP contribution in [0.2, 0.25) is 0 Å². The van der Waals surface area contributed by atoms with Crippen molar-refractivity contribution >= 4 is 16.8 Å². The Morgan fingerprint density at radius 3 is 2.75 bits per heavy atom. The first kappa shape index (κ1) is 14.6. The second-order valence-electron chi connectivity index (χ2n) is 7.13. The summed E-state index contributed by atoms with van der Waals surface area (Å²) in [5.74, 6) is -0.329. The molecule has 0 spiro atoms. The molecule has 0 unspecified atom stereocenters. The average molecular weight is 370 g/mol. The van der Waals surface area contributed by atoms with E-state index in [4.69, 9.17) is 2.74 Å². The van der Waals surface area contributed by atoms with Gasteiger partial charge in [0.1, 0.15) is 0 Å². The molecule has 5 heteroatoms.